The lowest BCUT2D eigenvalue weighted by molar-refractivity contribution is -0.135. The highest BCUT2D eigenvalue weighted by molar-refractivity contribution is 6.01. The minimum Gasteiger partial charge on any atom is -0.493 e. The Bertz CT molecular complexity index is 1010. The number of carbonyl (C=O) groups excluding carboxylic acids is 2. The maximum Gasteiger partial charge on any atom is 0.222 e. The number of rotatable bonds is 5. The van der Waals surface area contributed by atoms with E-state index in [4.69, 9.17) is 9.47 Å². The van der Waals surface area contributed by atoms with Crippen molar-refractivity contribution in [3.05, 3.63) is 58.1 Å². The van der Waals surface area contributed by atoms with Crippen molar-refractivity contribution in [2.24, 2.45) is 0 Å². The van der Waals surface area contributed by atoms with Crippen LogP contribution in [0.1, 0.15) is 64.7 Å². The Morgan fingerprint density at radius 1 is 1.06 bits per heavy atom. The molecular weight excluding hydrogens is 402 g/mol. The van der Waals surface area contributed by atoms with Crippen molar-refractivity contribution in [3.63, 3.8) is 0 Å². The Hall–Kier alpha value is -2.82. The molecule has 170 valence electrons. The number of para-hydroxylation sites is 1. The SMILES string of the molecule is Cc1cc(C)c2c(c1)OC1(CCN(C(=O)CCCOc3c(C)cccc3C)CC1)CC2=O. The first-order valence-electron chi connectivity index (χ1n) is 11.6. The third-order valence-corrected chi connectivity index (χ3v) is 6.75. The van der Waals surface area contributed by atoms with Gasteiger partial charge in [0, 0.05) is 32.4 Å². The molecule has 0 N–H and O–H groups in total. The van der Waals surface area contributed by atoms with Crippen molar-refractivity contribution in [2.45, 2.75) is 65.4 Å². The first kappa shape index (κ1) is 22.4. The second kappa shape index (κ2) is 8.97. The van der Waals surface area contributed by atoms with Crippen LogP contribution in [0.4, 0.5) is 0 Å². The molecule has 0 radical (unpaired) electrons. The van der Waals surface area contributed by atoms with Crippen LogP contribution in [0.25, 0.3) is 0 Å². The molecule has 2 aliphatic heterocycles. The van der Waals surface area contributed by atoms with Gasteiger partial charge in [0.25, 0.3) is 0 Å². The standard InChI is InChI=1S/C27H33NO4/c1-18-15-21(4)25-22(29)17-27(32-23(25)16-18)10-12-28(13-11-27)24(30)9-6-14-31-26-19(2)7-5-8-20(26)3/h5,7-8,15-16H,6,9-14,17H2,1-4H3. The van der Waals surface area contributed by atoms with E-state index in [1.807, 2.05) is 62.9 Å². The lowest BCUT2D eigenvalue weighted by atomic mass is 9.81. The number of ketones is 1. The average Bonchev–Trinajstić information content (AvgIpc) is 2.72. The maximum atomic E-state index is 12.9. The zero-order valence-electron chi connectivity index (χ0n) is 19.6. The molecule has 5 nitrogen and oxygen atoms in total. The Morgan fingerprint density at radius 3 is 2.44 bits per heavy atom. The number of carbonyl (C=O) groups is 2. The average molecular weight is 436 g/mol. The number of ether oxygens (including phenoxy) is 2. The van der Waals surface area contributed by atoms with Crippen molar-refractivity contribution in [3.8, 4) is 11.5 Å². The molecule has 4 rings (SSSR count). The molecule has 5 heteroatoms. The number of aryl methyl sites for hydroxylation is 4. The number of fused-ring (bicyclic) bond motifs is 1. The van der Waals surface area contributed by atoms with E-state index in [1.165, 1.54) is 0 Å². The summed E-state index contributed by atoms with van der Waals surface area (Å²) in [5.41, 5.74) is 4.56. The molecule has 0 saturated carbocycles. The van der Waals surface area contributed by atoms with Crippen molar-refractivity contribution in [1.82, 2.24) is 4.90 Å². The monoisotopic (exact) mass is 435 g/mol. The summed E-state index contributed by atoms with van der Waals surface area (Å²) in [4.78, 5) is 27.5. The molecule has 1 fully saturated rings. The van der Waals surface area contributed by atoms with Gasteiger partial charge in [-0.15, -0.1) is 0 Å². The van der Waals surface area contributed by atoms with E-state index in [1.54, 1.807) is 0 Å². The van der Waals surface area contributed by atoms with Gasteiger partial charge in [-0.3, -0.25) is 9.59 Å². The van der Waals surface area contributed by atoms with Gasteiger partial charge >= 0.3 is 0 Å². The predicted molar refractivity (Wildman–Crippen MR) is 125 cm³/mol. The van der Waals surface area contributed by atoms with E-state index in [2.05, 4.69) is 0 Å². The Morgan fingerprint density at radius 2 is 1.75 bits per heavy atom. The summed E-state index contributed by atoms with van der Waals surface area (Å²) >= 11 is 0. The number of amides is 1. The van der Waals surface area contributed by atoms with Crippen LogP contribution in [0.15, 0.2) is 30.3 Å². The third kappa shape index (κ3) is 4.52. The molecule has 1 spiro atoms. The number of hydrogen-bond acceptors (Lipinski definition) is 4. The van der Waals surface area contributed by atoms with Gasteiger partial charge in [-0.2, -0.15) is 0 Å². The molecule has 32 heavy (non-hydrogen) atoms. The quantitative estimate of drug-likeness (QED) is 0.613. The number of nitrogens with zero attached hydrogens (tertiary/aromatic N) is 1. The zero-order valence-corrected chi connectivity index (χ0v) is 19.6. The fraction of sp³-hybridized carbons (Fsp3) is 0.481. The molecule has 0 bridgehead atoms. The maximum absolute atomic E-state index is 12.9. The largest absolute Gasteiger partial charge is 0.493 e. The molecule has 2 aliphatic rings. The summed E-state index contributed by atoms with van der Waals surface area (Å²) in [6.45, 7) is 9.85. The zero-order chi connectivity index (χ0) is 22.9. The third-order valence-electron chi connectivity index (χ3n) is 6.75. The first-order chi connectivity index (χ1) is 15.3. The van der Waals surface area contributed by atoms with Crippen LogP contribution < -0.4 is 9.47 Å². The fourth-order valence-electron chi connectivity index (χ4n) is 5.04. The molecule has 0 unspecified atom stereocenters. The Balaban J connectivity index is 1.29. The fourth-order valence-corrected chi connectivity index (χ4v) is 5.04. The molecule has 2 aromatic rings. The second-order valence-electron chi connectivity index (χ2n) is 9.39. The van der Waals surface area contributed by atoms with Crippen LogP contribution in [0, 0.1) is 27.7 Å². The lowest BCUT2D eigenvalue weighted by Crippen LogP contribution is -2.52. The summed E-state index contributed by atoms with van der Waals surface area (Å²) in [6.07, 6.45) is 2.94. The van der Waals surface area contributed by atoms with Crippen LogP contribution in [0.5, 0.6) is 11.5 Å². The van der Waals surface area contributed by atoms with Gasteiger partial charge < -0.3 is 14.4 Å². The van der Waals surface area contributed by atoms with Crippen LogP contribution in [0.2, 0.25) is 0 Å². The molecule has 1 amide bonds. The molecule has 1 saturated heterocycles. The van der Waals surface area contributed by atoms with E-state index in [-0.39, 0.29) is 11.7 Å². The van der Waals surface area contributed by atoms with E-state index in [9.17, 15) is 9.59 Å². The van der Waals surface area contributed by atoms with Crippen molar-refractivity contribution in [1.29, 1.82) is 0 Å². The van der Waals surface area contributed by atoms with Crippen molar-refractivity contribution in [2.75, 3.05) is 19.7 Å². The van der Waals surface area contributed by atoms with Gasteiger partial charge in [0.15, 0.2) is 5.78 Å². The summed E-state index contributed by atoms with van der Waals surface area (Å²) < 4.78 is 12.3. The minimum absolute atomic E-state index is 0.152. The molecule has 2 aromatic carbocycles. The van der Waals surface area contributed by atoms with Crippen LogP contribution >= 0.6 is 0 Å². The normalized spacial score (nSPS) is 17.1. The van der Waals surface area contributed by atoms with E-state index < -0.39 is 5.60 Å². The summed E-state index contributed by atoms with van der Waals surface area (Å²) in [6, 6.07) is 10.1. The van der Waals surface area contributed by atoms with Gasteiger partial charge in [0.05, 0.1) is 18.6 Å². The summed E-state index contributed by atoms with van der Waals surface area (Å²) in [5, 5.41) is 0. The van der Waals surface area contributed by atoms with Gasteiger partial charge in [-0.25, -0.2) is 0 Å². The Kier molecular flexibility index (Phi) is 6.27. The summed E-state index contributed by atoms with van der Waals surface area (Å²) in [7, 11) is 0. The molecule has 2 heterocycles. The number of hydrogen-bond donors (Lipinski definition) is 0. The number of piperidine rings is 1. The predicted octanol–water partition coefficient (Wildman–Crippen LogP) is 5.11. The van der Waals surface area contributed by atoms with Gasteiger partial charge in [-0.1, -0.05) is 24.3 Å². The highest BCUT2D eigenvalue weighted by Crippen LogP contribution is 2.41. The number of benzene rings is 2. The number of likely N-dealkylation sites (tertiary alicyclic amines) is 1. The molecule has 0 atom stereocenters. The van der Waals surface area contributed by atoms with E-state index >= 15 is 0 Å². The first-order valence-corrected chi connectivity index (χ1v) is 11.6. The van der Waals surface area contributed by atoms with Crippen LogP contribution in [-0.2, 0) is 4.79 Å². The molecule has 0 aliphatic carbocycles. The smallest absolute Gasteiger partial charge is 0.222 e. The van der Waals surface area contributed by atoms with Gasteiger partial charge in [-0.05, 0) is 62.4 Å². The van der Waals surface area contributed by atoms with Crippen LogP contribution in [0.3, 0.4) is 0 Å². The van der Waals surface area contributed by atoms with Gasteiger partial charge in [0.1, 0.15) is 17.1 Å². The molecule has 0 aromatic heterocycles. The Labute approximate surface area is 190 Å². The van der Waals surface area contributed by atoms with Gasteiger partial charge in [0.2, 0.25) is 5.91 Å². The molecular formula is C27H33NO4. The van der Waals surface area contributed by atoms with E-state index in [0.717, 1.165) is 33.6 Å². The number of Topliss-reactive ketones (excluding diaryl/α,β-unsaturated/α-hetero) is 1. The highest BCUT2D eigenvalue weighted by atomic mass is 16.5. The van der Waals surface area contributed by atoms with Crippen LogP contribution in [-0.4, -0.2) is 41.9 Å². The lowest BCUT2D eigenvalue weighted by Gasteiger charge is -2.44. The highest BCUT2D eigenvalue weighted by Gasteiger charge is 2.44. The van der Waals surface area contributed by atoms with E-state index in [0.29, 0.717) is 57.6 Å². The second-order valence-corrected chi connectivity index (χ2v) is 9.39. The van der Waals surface area contributed by atoms with Crippen molar-refractivity contribution < 1.29 is 19.1 Å². The topological polar surface area (TPSA) is 55.8 Å². The minimum atomic E-state index is -0.480. The summed E-state index contributed by atoms with van der Waals surface area (Å²) in [5.74, 6) is 1.94. The van der Waals surface area contributed by atoms with Crippen molar-refractivity contribution >= 4 is 11.7 Å².